The molecule has 8 N–H and O–H groups in total. The number of carbonyl (C=O) groups excluding carboxylic acids is 2. The monoisotopic (exact) mass is 527 g/mol. The SMILES string of the molecule is CCCCCCCCNC(=O)CC[C@H](N)C(=O)N[C@H](C(=O)O)[C@H]1O[C@@H](n2ccc(=O)[nH]c2=O)[C@H](O)[C@@H]1O. The zero-order chi connectivity index (χ0) is 27.5. The molecule has 1 fully saturated rings. The molecule has 37 heavy (non-hydrogen) atoms. The summed E-state index contributed by atoms with van der Waals surface area (Å²) >= 11 is 0. The van der Waals surface area contributed by atoms with Crippen LogP contribution in [0.3, 0.4) is 0 Å². The summed E-state index contributed by atoms with van der Waals surface area (Å²) in [6, 6.07) is -2.06. The van der Waals surface area contributed by atoms with Crippen molar-refractivity contribution in [1.29, 1.82) is 0 Å². The van der Waals surface area contributed by atoms with E-state index in [2.05, 4.69) is 17.6 Å². The molecular weight excluding hydrogens is 490 g/mol. The first-order chi connectivity index (χ1) is 17.6. The van der Waals surface area contributed by atoms with Crippen molar-refractivity contribution in [3.8, 4) is 0 Å². The lowest BCUT2D eigenvalue weighted by atomic mass is 10.0. The molecule has 1 aromatic rings. The van der Waals surface area contributed by atoms with Gasteiger partial charge in [0.05, 0.1) is 6.04 Å². The first kappa shape index (κ1) is 30.2. The molecule has 0 aromatic carbocycles. The van der Waals surface area contributed by atoms with E-state index >= 15 is 0 Å². The van der Waals surface area contributed by atoms with E-state index in [1.54, 1.807) is 0 Å². The number of carbonyl (C=O) groups is 3. The molecule has 0 bridgehead atoms. The summed E-state index contributed by atoms with van der Waals surface area (Å²) in [6.45, 7) is 2.66. The van der Waals surface area contributed by atoms with Crippen LogP contribution in [-0.2, 0) is 19.1 Å². The lowest BCUT2D eigenvalue weighted by Crippen LogP contribution is -2.56. The van der Waals surface area contributed by atoms with Crippen molar-refractivity contribution in [2.24, 2.45) is 5.73 Å². The number of carboxylic acid groups (broad SMARTS) is 1. The molecule has 1 aromatic heterocycles. The summed E-state index contributed by atoms with van der Waals surface area (Å²) in [6.07, 6.45) is 0.719. The van der Waals surface area contributed by atoms with E-state index < -0.39 is 59.7 Å². The normalized spacial score (nSPS) is 22.8. The Morgan fingerprint density at radius 3 is 2.46 bits per heavy atom. The third kappa shape index (κ3) is 8.77. The fraction of sp³-hybridized carbons (Fsp3) is 0.696. The minimum Gasteiger partial charge on any atom is -0.480 e. The zero-order valence-corrected chi connectivity index (χ0v) is 20.8. The van der Waals surface area contributed by atoms with E-state index in [9.17, 15) is 39.3 Å². The lowest BCUT2D eigenvalue weighted by Gasteiger charge is -2.24. The Balaban J connectivity index is 1.88. The molecule has 1 aliphatic rings. The van der Waals surface area contributed by atoms with Crippen LogP contribution in [-0.4, -0.2) is 79.6 Å². The van der Waals surface area contributed by atoms with Crippen molar-refractivity contribution < 1.29 is 34.4 Å². The van der Waals surface area contributed by atoms with Gasteiger partial charge in [-0.25, -0.2) is 9.59 Å². The van der Waals surface area contributed by atoms with E-state index in [0.29, 0.717) is 6.54 Å². The number of aliphatic hydroxyl groups excluding tert-OH is 2. The smallest absolute Gasteiger partial charge is 0.330 e. The predicted molar refractivity (Wildman–Crippen MR) is 130 cm³/mol. The number of aliphatic hydroxyl groups is 2. The largest absolute Gasteiger partial charge is 0.480 e. The number of aliphatic carboxylic acids is 1. The van der Waals surface area contributed by atoms with E-state index in [0.717, 1.165) is 42.5 Å². The van der Waals surface area contributed by atoms with Crippen LogP contribution in [0, 0.1) is 0 Å². The van der Waals surface area contributed by atoms with Gasteiger partial charge in [0.25, 0.3) is 5.56 Å². The number of aromatic amines is 1. The van der Waals surface area contributed by atoms with Gasteiger partial charge in [-0.2, -0.15) is 0 Å². The molecule has 2 heterocycles. The highest BCUT2D eigenvalue weighted by molar-refractivity contribution is 5.87. The van der Waals surface area contributed by atoms with Crippen molar-refractivity contribution in [3.63, 3.8) is 0 Å². The number of H-pyrrole nitrogens is 1. The summed E-state index contributed by atoms with van der Waals surface area (Å²) in [5.41, 5.74) is 4.18. The van der Waals surface area contributed by atoms with Crippen LogP contribution < -0.4 is 27.6 Å². The van der Waals surface area contributed by atoms with Crippen LogP contribution in [0.1, 0.15) is 64.5 Å². The molecule has 0 saturated carbocycles. The molecule has 208 valence electrons. The van der Waals surface area contributed by atoms with Crippen LogP contribution in [0.4, 0.5) is 0 Å². The van der Waals surface area contributed by atoms with Crippen molar-refractivity contribution >= 4 is 17.8 Å². The van der Waals surface area contributed by atoms with Gasteiger partial charge in [0.2, 0.25) is 11.8 Å². The molecule has 0 aliphatic carbocycles. The number of nitrogens with two attached hydrogens (primary N) is 1. The van der Waals surface area contributed by atoms with Crippen molar-refractivity contribution in [2.45, 2.75) is 94.9 Å². The average molecular weight is 528 g/mol. The second-order valence-corrected chi connectivity index (χ2v) is 9.08. The number of unbranched alkanes of at least 4 members (excludes halogenated alkanes) is 5. The van der Waals surface area contributed by atoms with Crippen molar-refractivity contribution in [1.82, 2.24) is 20.2 Å². The van der Waals surface area contributed by atoms with Gasteiger partial charge in [-0.3, -0.25) is 23.9 Å². The van der Waals surface area contributed by atoms with Crippen LogP contribution in [0.15, 0.2) is 21.9 Å². The Bertz CT molecular complexity index is 1030. The minimum absolute atomic E-state index is 0.0410. The molecule has 14 heteroatoms. The molecule has 2 amide bonds. The number of ether oxygens (including phenoxy) is 1. The average Bonchev–Trinajstić information content (AvgIpc) is 3.13. The molecule has 0 unspecified atom stereocenters. The molecule has 6 atom stereocenters. The molecule has 1 saturated heterocycles. The Morgan fingerprint density at radius 2 is 1.81 bits per heavy atom. The van der Waals surface area contributed by atoms with Crippen LogP contribution in [0.25, 0.3) is 0 Å². The number of carboxylic acids is 1. The third-order valence-electron chi connectivity index (χ3n) is 6.16. The number of amides is 2. The summed E-state index contributed by atoms with van der Waals surface area (Å²) in [5.74, 6) is -2.76. The van der Waals surface area contributed by atoms with Crippen molar-refractivity contribution in [2.75, 3.05) is 6.54 Å². The van der Waals surface area contributed by atoms with Gasteiger partial charge >= 0.3 is 11.7 Å². The molecular formula is C23H37N5O9. The summed E-state index contributed by atoms with van der Waals surface area (Å²) in [4.78, 5) is 61.6. The van der Waals surface area contributed by atoms with Gasteiger partial charge in [-0.05, 0) is 12.8 Å². The molecule has 14 nitrogen and oxygen atoms in total. The predicted octanol–water partition coefficient (Wildman–Crippen LogP) is -1.69. The second kappa shape index (κ2) is 14.6. The maximum atomic E-state index is 12.5. The standard InChI is InChI=1S/C23H37N5O9/c1-2-3-4-5-6-7-11-25-14(29)9-8-13(24)20(33)27-16(22(34)35)19-17(31)18(32)21(37-19)28-12-10-15(30)26-23(28)36/h10,12-13,16-19,21,31-32H,2-9,11,24H2,1H3,(H,25,29)(H,27,33)(H,34,35)(H,26,30,36)/t13-,16-,17-,18+,19+,21+/m0/s1. The summed E-state index contributed by atoms with van der Waals surface area (Å²) in [7, 11) is 0. The van der Waals surface area contributed by atoms with Crippen LogP contribution in [0.2, 0.25) is 0 Å². The molecule has 1 aliphatic heterocycles. The van der Waals surface area contributed by atoms with Crippen molar-refractivity contribution in [3.05, 3.63) is 33.1 Å². The second-order valence-electron chi connectivity index (χ2n) is 9.08. The maximum absolute atomic E-state index is 12.5. The van der Waals surface area contributed by atoms with Crippen LogP contribution in [0.5, 0.6) is 0 Å². The molecule has 0 radical (unpaired) electrons. The summed E-state index contributed by atoms with van der Waals surface area (Å²) in [5, 5.41) is 35.3. The summed E-state index contributed by atoms with van der Waals surface area (Å²) < 4.78 is 6.20. The Morgan fingerprint density at radius 1 is 1.14 bits per heavy atom. The van der Waals surface area contributed by atoms with Gasteiger partial charge < -0.3 is 36.4 Å². The first-order valence-electron chi connectivity index (χ1n) is 12.4. The quantitative estimate of drug-likeness (QED) is 0.128. The van der Waals surface area contributed by atoms with Gasteiger partial charge in [0.1, 0.15) is 18.3 Å². The third-order valence-corrected chi connectivity index (χ3v) is 6.16. The fourth-order valence-corrected chi connectivity index (χ4v) is 4.00. The number of hydrogen-bond donors (Lipinski definition) is 7. The number of aromatic nitrogens is 2. The van der Waals surface area contributed by atoms with Crippen LogP contribution >= 0.6 is 0 Å². The number of hydrogen-bond acceptors (Lipinski definition) is 9. The molecule has 0 spiro atoms. The van der Waals surface area contributed by atoms with Gasteiger partial charge in [-0.15, -0.1) is 0 Å². The topological polar surface area (TPSA) is 226 Å². The highest BCUT2D eigenvalue weighted by Crippen LogP contribution is 2.30. The van der Waals surface area contributed by atoms with Gasteiger partial charge in [0, 0.05) is 25.2 Å². The highest BCUT2D eigenvalue weighted by atomic mass is 16.6. The zero-order valence-electron chi connectivity index (χ0n) is 20.8. The van der Waals surface area contributed by atoms with E-state index in [4.69, 9.17) is 10.5 Å². The number of rotatable bonds is 15. The van der Waals surface area contributed by atoms with E-state index in [1.165, 1.54) is 12.8 Å². The molecule has 2 rings (SSSR count). The van der Waals surface area contributed by atoms with Gasteiger partial charge in [-0.1, -0.05) is 39.0 Å². The Labute approximate surface area is 213 Å². The fourth-order valence-electron chi connectivity index (χ4n) is 4.00. The van der Waals surface area contributed by atoms with E-state index in [-0.39, 0.29) is 18.7 Å². The number of nitrogens with one attached hydrogen (secondary N) is 3. The Kier molecular flexibility index (Phi) is 11.9. The maximum Gasteiger partial charge on any atom is 0.330 e. The Hall–Kier alpha value is -3.07. The van der Waals surface area contributed by atoms with E-state index in [1.807, 2.05) is 4.98 Å². The minimum atomic E-state index is -1.83. The first-order valence-corrected chi connectivity index (χ1v) is 12.4. The lowest BCUT2D eigenvalue weighted by molar-refractivity contribution is -0.149. The number of nitrogens with zero attached hydrogens (tertiary/aromatic N) is 1. The highest BCUT2D eigenvalue weighted by Gasteiger charge is 2.50. The van der Waals surface area contributed by atoms with Gasteiger partial charge in [0.15, 0.2) is 12.3 Å².